The zero-order valence-corrected chi connectivity index (χ0v) is 30.6. The molecular formula is C35H57N7O9. The highest BCUT2D eigenvalue weighted by atomic mass is 16.4. The van der Waals surface area contributed by atoms with E-state index in [0.29, 0.717) is 32.1 Å². The van der Waals surface area contributed by atoms with Gasteiger partial charge in [0.1, 0.15) is 30.3 Å². The molecular weight excluding hydrogens is 662 g/mol. The first-order valence-corrected chi connectivity index (χ1v) is 17.4. The second kappa shape index (κ2) is 19.5. The van der Waals surface area contributed by atoms with Gasteiger partial charge in [-0.2, -0.15) is 0 Å². The molecule has 1 saturated heterocycles. The largest absolute Gasteiger partial charge is 0.508 e. The van der Waals surface area contributed by atoms with Crippen LogP contribution in [0, 0.1) is 5.92 Å². The first-order chi connectivity index (χ1) is 23.7. The summed E-state index contributed by atoms with van der Waals surface area (Å²) in [5.41, 5.74) is 6.01. The normalized spacial score (nSPS) is 19.1. The van der Waals surface area contributed by atoms with Crippen molar-refractivity contribution in [2.45, 2.75) is 135 Å². The van der Waals surface area contributed by atoms with E-state index < -0.39 is 90.1 Å². The SMILES string of the molecule is CC(C)C[C@H](N)C(=O)N[C@@H](CC(=O)O)C(=O)N[C@H](N[C@@H](C)[C@@H](C(=O)NC(C)(C)C)N1CCC[C@H]1C(=O)N[C@H](C=O)Cc1ccc(O)cc1)[C@@H](C)O. The third-order valence-corrected chi connectivity index (χ3v) is 8.37. The van der Waals surface area contributed by atoms with Crippen molar-refractivity contribution in [2.75, 3.05) is 6.54 Å². The summed E-state index contributed by atoms with van der Waals surface area (Å²) in [7, 11) is 0. The number of aromatic hydroxyl groups is 1. The third-order valence-electron chi connectivity index (χ3n) is 8.37. The summed E-state index contributed by atoms with van der Waals surface area (Å²) < 4.78 is 0. The van der Waals surface area contributed by atoms with Crippen LogP contribution in [0.4, 0.5) is 0 Å². The number of phenols is 1. The van der Waals surface area contributed by atoms with Gasteiger partial charge < -0.3 is 47.1 Å². The monoisotopic (exact) mass is 719 g/mol. The summed E-state index contributed by atoms with van der Waals surface area (Å²) in [6.45, 7) is 12.5. The molecule has 1 heterocycles. The number of benzene rings is 1. The van der Waals surface area contributed by atoms with Crippen molar-refractivity contribution in [3.8, 4) is 5.75 Å². The number of aliphatic hydroxyl groups excluding tert-OH is 1. The number of carbonyl (C=O) groups is 6. The second-order valence-corrected chi connectivity index (χ2v) is 14.8. The van der Waals surface area contributed by atoms with Gasteiger partial charge in [0.05, 0.1) is 30.7 Å². The summed E-state index contributed by atoms with van der Waals surface area (Å²) in [4.78, 5) is 78.9. The second-order valence-electron chi connectivity index (χ2n) is 14.8. The third kappa shape index (κ3) is 14.2. The minimum atomic E-state index is -1.51. The van der Waals surface area contributed by atoms with E-state index >= 15 is 0 Å². The Kier molecular flexibility index (Phi) is 16.4. The van der Waals surface area contributed by atoms with Gasteiger partial charge in [0.15, 0.2) is 0 Å². The molecule has 1 aromatic carbocycles. The molecule has 10 N–H and O–H groups in total. The van der Waals surface area contributed by atoms with Crippen molar-refractivity contribution in [3.63, 3.8) is 0 Å². The highest BCUT2D eigenvalue weighted by Crippen LogP contribution is 2.24. The van der Waals surface area contributed by atoms with Gasteiger partial charge in [-0.05, 0) is 90.5 Å². The van der Waals surface area contributed by atoms with Crippen LogP contribution < -0.4 is 32.3 Å². The Hall–Kier alpha value is -4.12. The quantitative estimate of drug-likeness (QED) is 0.0649. The number of nitrogens with two attached hydrogens (primary N) is 1. The molecule has 16 nitrogen and oxygen atoms in total. The molecule has 0 aliphatic carbocycles. The van der Waals surface area contributed by atoms with Crippen LogP contribution in [-0.4, -0.2) is 117 Å². The van der Waals surface area contributed by atoms with Gasteiger partial charge in [0, 0.05) is 11.6 Å². The van der Waals surface area contributed by atoms with Gasteiger partial charge in [0.25, 0.3) is 0 Å². The highest BCUT2D eigenvalue weighted by Gasteiger charge is 2.43. The molecule has 1 aliphatic rings. The summed E-state index contributed by atoms with van der Waals surface area (Å²) in [6, 6.07) is 0.315. The topological polar surface area (TPSA) is 253 Å². The standard InChI is InChI=1S/C35H57N7O9/c1-19(2)15-25(36)31(48)39-26(17-28(46)47)32(49)40-30(21(4)44)37-20(3)29(34(51)41-35(5,6)7)42-14-8-9-27(42)33(50)38-23(18-43)16-22-10-12-24(45)13-11-22/h10-13,18-21,23,25-27,29-30,37,44-45H,8-9,14-17,36H2,1-7H3,(H,38,50)(H,39,48)(H,40,49)(H,41,51)(H,46,47)/t20-,21+,23-,25-,26-,27-,29-,30-/m0/s1. The Balaban J connectivity index is 2.31. The lowest BCUT2D eigenvalue weighted by Gasteiger charge is -2.39. The van der Waals surface area contributed by atoms with Crippen LogP contribution in [0.15, 0.2) is 24.3 Å². The minimum Gasteiger partial charge on any atom is -0.508 e. The first-order valence-electron chi connectivity index (χ1n) is 17.4. The number of aliphatic hydroxyl groups is 1. The number of likely N-dealkylation sites (tertiary alicyclic amines) is 1. The lowest BCUT2D eigenvalue weighted by atomic mass is 10.0. The summed E-state index contributed by atoms with van der Waals surface area (Å²) in [6.07, 6.45) is -1.11. The number of amides is 4. The Bertz CT molecular complexity index is 1350. The van der Waals surface area contributed by atoms with Crippen molar-refractivity contribution in [1.29, 1.82) is 0 Å². The fourth-order valence-corrected chi connectivity index (χ4v) is 6.02. The van der Waals surface area contributed by atoms with Crippen molar-refractivity contribution >= 4 is 35.9 Å². The van der Waals surface area contributed by atoms with E-state index in [-0.39, 0.29) is 18.1 Å². The molecule has 1 fully saturated rings. The van der Waals surface area contributed by atoms with E-state index in [1.54, 1.807) is 44.7 Å². The van der Waals surface area contributed by atoms with E-state index in [0.717, 1.165) is 5.56 Å². The van der Waals surface area contributed by atoms with Crippen molar-refractivity contribution < 1.29 is 44.1 Å². The molecule has 2 rings (SSSR count). The van der Waals surface area contributed by atoms with Crippen LogP contribution in [0.5, 0.6) is 5.75 Å². The average Bonchev–Trinajstić information content (AvgIpc) is 3.48. The first kappa shape index (κ1) is 43.0. The van der Waals surface area contributed by atoms with Crippen molar-refractivity contribution in [2.24, 2.45) is 11.7 Å². The van der Waals surface area contributed by atoms with Gasteiger partial charge in [-0.15, -0.1) is 0 Å². The maximum absolute atomic E-state index is 13.9. The van der Waals surface area contributed by atoms with Crippen LogP contribution >= 0.6 is 0 Å². The number of hydrogen-bond acceptors (Lipinski definition) is 11. The van der Waals surface area contributed by atoms with E-state index in [1.165, 1.54) is 19.1 Å². The lowest BCUT2D eigenvalue weighted by molar-refractivity contribution is -0.141. The van der Waals surface area contributed by atoms with Crippen LogP contribution in [-0.2, 0) is 35.2 Å². The number of rotatable bonds is 19. The number of phenolic OH excluding ortho intramolecular Hbond substituents is 1. The maximum Gasteiger partial charge on any atom is 0.305 e. The summed E-state index contributed by atoms with van der Waals surface area (Å²) >= 11 is 0. The number of carboxylic acids is 1. The molecule has 0 radical (unpaired) electrons. The van der Waals surface area contributed by atoms with E-state index in [2.05, 4.69) is 26.6 Å². The summed E-state index contributed by atoms with van der Waals surface area (Å²) in [5.74, 6) is -3.67. The van der Waals surface area contributed by atoms with Crippen LogP contribution in [0.1, 0.15) is 79.7 Å². The average molecular weight is 720 g/mol. The van der Waals surface area contributed by atoms with Gasteiger partial charge in [-0.25, -0.2) is 0 Å². The molecule has 16 heteroatoms. The fourth-order valence-electron chi connectivity index (χ4n) is 6.02. The molecule has 0 spiro atoms. The van der Waals surface area contributed by atoms with Gasteiger partial charge in [-0.1, -0.05) is 26.0 Å². The smallest absolute Gasteiger partial charge is 0.305 e. The maximum atomic E-state index is 13.9. The lowest BCUT2D eigenvalue weighted by Crippen LogP contribution is -2.66. The van der Waals surface area contributed by atoms with Crippen LogP contribution in [0.25, 0.3) is 0 Å². The van der Waals surface area contributed by atoms with Crippen LogP contribution in [0.3, 0.4) is 0 Å². The fraction of sp³-hybridized carbons (Fsp3) is 0.657. The molecule has 51 heavy (non-hydrogen) atoms. The number of nitrogens with zero attached hydrogens (tertiary/aromatic N) is 1. The number of hydrogen-bond donors (Lipinski definition) is 9. The Morgan fingerprint density at radius 2 is 1.61 bits per heavy atom. The zero-order valence-electron chi connectivity index (χ0n) is 30.6. The molecule has 1 aromatic rings. The molecule has 4 amide bonds. The summed E-state index contributed by atoms with van der Waals surface area (Å²) in [5, 5.41) is 43.5. The van der Waals surface area contributed by atoms with E-state index in [1.807, 2.05) is 13.8 Å². The number of aldehydes is 1. The van der Waals surface area contributed by atoms with Gasteiger partial charge >= 0.3 is 5.97 Å². The Labute approximate surface area is 299 Å². The number of carboxylic acid groups (broad SMARTS) is 1. The molecule has 0 bridgehead atoms. The van der Waals surface area contributed by atoms with Gasteiger partial charge in [-0.3, -0.25) is 34.2 Å². The number of nitrogens with one attached hydrogen (secondary N) is 5. The van der Waals surface area contributed by atoms with Crippen molar-refractivity contribution in [3.05, 3.63) is 29.8 Å². The molecule has 1 aliphatic heterocycles. The predicted molar refractivity (Wildman–Crippen MR) is 189 cm³/mol. The van der Waals surface area contributed by atoms with Crippen LogP contribution in [0.2, 0.25) is 0 Å². The highest BCUT2D eigenvalue weighted by molar-refractivity contribution is 5.92. The zero-order chi connectivity index (χ0) is 38.6. The Morgan fingerprint density at radius 1 is 0.980 bits per heavy atom. The van der Waals surface area contributed by atoms with E-state index in [4.69, 9.17) is 5.73 Å². The Morgan fingerprint density at radius 3 is 2.14 bits per heavy atom. The number of carbonyl (C=O) groups excluding carboxylic acids is 5. The van der Waals surface area contributed by atoms with Crippen molar-refractivity contribution in [1.82, 2.24) is 31.5 Å². The molecule has 0 saturated carbocycles. The molecule has 8 atom stereocenters. The molecule has 0 aromatic heterocycles. The predicted octanol–water partition coefficient (Wildman–Crippen LogP) is -0.500. The number of aliphatic carboxylic acids is 1. The molecule has 286 valence electrons. The van der Waals surface area contributed by atoms with E-state index in [9.17, 15) is 44.1 Å². The minimum absolute atomic E-state index is 0.0698. The van der Waals surface area contributed by atoms with Gasteiger partial charge in [0.2, 0.25) is 23.6 Å². The molecule has 0 unspecified atom stereocenters.